The third-order valence-corrected chi connectivity index (χ3v) is 6.74. The topological polar surface area (TPSA) is 101 Å². The van der Waals surface area contributed by atoms with Crippen LogP contribution in [-0.2, 0) is 21.9 Å². The molecular weight excluding hydrogens is 472 g/mol. The molecule has 0 bridgehead atoms. The molecule has 0 spiro atoms. The van der Waals surface area contributed by atoms with Gasteiger partial charge < -0.3 is 24.9 Å². The quantitative estimate of drug-likeness (QED) is 0.306. The van der Waals surface area contributed by atoms with Crippen LogP contribution in [0.15, 0.2) is 53.1 Å². The van der Waals surface area contributed by atoms with E-state index in [1.54, 1.807) is 18.0 Å². The Morgan fingerprint density at radius 3 is 2.53 bits per heavy atom. The maximum absolute atomic E-state index is 13.1. The van der Waals surface area contributed by atoms with E-state index in [1.165, 1.54) is 11.8 Å². The summed E-state index contributed by atoms with van der Waals surface area (Å²) in [7, 11) is 0. The van der Waals surface area contributed by atoms with Crippen molar-refractivity contribution in [1.29, 1.82) is 0 Å². The highest BCUT2D eigenvalue weighted by Gasteiger charge is 2.27. The Morgan fingerprint density at radius 1 is 1.12 bits per heavy atom. The van der Waals surface area contributed by atoms with Gasteiger partial charge in [0, 0.05) is 5.75 Å². The lowest BCUT2D eigenvalue weighted by molar-refractivity contribution is -0.125. The molecule has 3 atom stereocenters. The number of nitrogens with one attached hydrogen (secondary N) is 2. The van der Waals surface area contributed by atoms with Crippen molar-refractivity contribution in [3.8, 4) is 0 Å². The average molecular weight is 509 g/mol. The van der Waals surface area contributed by atoms with Gasteiger partial charge in [-0.1, -0.05) is 44.2 Å². The van der Waals surface area contributed by atoms with Gasteiger partial charge in [0.05, 0.1) is 24.2 Å². The minimum Gasteiger partial charge on any atom is -0.468 e. The number of furan rings is 1. The van der Waals surface area contributed by atoms with Gasteiger partial charge in [0.1, 0.15) is 18.4 Å². The monoisotopic (exact) mass is 508 g/mol. The van der Waals surface area contributed by atoms with Gasteiger partial charge in [-0.15, -0.1) is 0 Å². The molecule has 0 saturated carbocycles. The summed E-state index contributed by atoms with van der Waals surface area (Å²) in [6.07, 6.45) is 3.30. The number of hydrogen-bond donors (Lipinski definition) is 3. The lowest BCUT2D eigenvalue weighted by atomic mass is 10.0. The second-order valence-electron chi connectivity index (χ2n) is 8.45. The molecule has 0 aliphatic heterocycles. The minimum atomic E-state index is -0.747. The van der Waals surface area contributed by atoms with Crippen molar-refractivity contribution in [1.82, 2.24) is 10.6 Å². The molecule has 188 valence electrons. The predicted octanol–water partition coefficient (Wildman–Crippen LogP) is 4.45. The number of carbonyl (C=O) groups excluding carboxylic acids is 2. The first-order chi connectivity index (χ1) is 16.4. The van der Waals surface area contributed by atoms with Gasteiger partial charge in [0.25, 0.3) is 0 Å². The van der Waals surface area contributed by atoms with Crippen LogP contribution in [0.1, 0.15) is 38.0 Å². The molecular formula is C25H36N2O5S2. The molecule has 2 rings (SSSR count). The van der Waals surface area contributed by atoms with Crippen LogP contribution in [0.25, 0.3) is 0 Å². The number of hydrogen-bond acceptors (Lipinski definition) is 7. The first-order valence-electron chi connectivity index (χ1n) is 11.4. The lowest BCUT2D eigenvalue weighted by Gasteiger charge is -2.27. The van der Waals surface area contributed by atoms with Crippen LogP contribution >= 0.6 is 23.5 Å². The molecule has 2 amide bonds. The van der Waals surface area contributed by atoms with Crippen LogP contribution in [0.5, 0.6) is 0 Å². The number of ether oxygens (including phenoxy) is 1. The number of amides is 2. The zero-order valence-electron chi connectivity index (χ0n) is 20.1. The fraction of sp³-hybridized carbons (Fsp3) is 0.520. The summed E-state index contributed by atoms with van der Waals surface area (Å²) in [5.41, 5.74) is 0.870. The largest absolute Gasteiger partial charge is 0.468 e. The van der Waals surface area contributed by atoms with Gasteiger partial charge in [-0.05, 0) is 48.5 Å². The van der Waals surface area contributed by atoms with Crippen molar-refractivity contribution in [3.05, 3.63) is 60.1 Å². The molecule has 0 radical (unpaired) electrons. The maximum atomic E-state index is 13.1. The van der Waals surface area contributed by atoms with Gasteiger partial charge >= 0.3 is 6.09 Å². The van der Waals surface area contributed by atoms with Crippen LogP contribution < -0.4 is 10.6 Å². The van der Waals surface area contributed by atoms with Crippen LogP contribution in [0, 0.1) is 5.92 Å². The molecule has 7 nitrogen and oxygen atoms in total. The molecule has 2 unspecified atom stereocenters. The smallest absolute Gasteiger partial charge is 0.408 e. The number of aliphatic hydroxyl groups is 1. The number of thioether (sulfide) groups is 2. The van der Waals surface area contributed by atoms with E-state index in [2.05, 4.69) is 10.6 Å². The van der Waals surface area contributed by atoms with Crippen molar-refractivity contribution in [2.45, 2.75) is 57.2 Å². The summed E-state index contributed by atoms with van der Waals surface area (Å²) in [4.78, 5) is 25.5. The lowest BCUT2D eigenvalue weighted by Crippen LogP contribution is -2.53. The summed E-state index contributed by atoms with van der Waals surface area (Å²) in [5, 5.41) is 16.3. The number of carbonyl (C=O) groups is 2. The SMILES string of the molecule is CSCC(O)C(CCSCc1ccco1)NC(=O)[C@H](CC(C)C)NC(=O)OCc1ccccc1. The molecule has 0 fully saturated rings. The first-order valence-corrected chi connectivity index (χ1v) is 14.0. The van der Waals surface area contributed by atoms with Gasteiger partial charge in [-0.3, -0.25) is 4.79 Å². The van der Waals surface area contributed by atoms with E-state index in [4.69, 9.17) is 9.15 Å². The fourth-order valence-electron chi connectivity index (χ4n) is 3.32. The number of aliphatic hydroxyl groups excluding tert-OH is 1. The van der Waals surface area contributed by atoms with Gasteiger partial charge in [0.2, 0.25) is 5.91 Å². The zero-order valence-corrected chi connectivity index (χ0v) is 21.7. The summed E-state index contributed by atoms with van der Waals surface area (Å²) in [5.74, 6) is 2.76. The third kappa shape index (κ3) is 10.9. The van der Waals surface area contributed by atoms with Gasteiger partial charge in [-0.2, -0.15) is 23.5 Å². The molecule has 3 N–H and O–H groups in total. The third-order valence-electron chi connectivity index (χ3n) is 5.06. The molecule has 2 aromatic rings. The maximum Gasteiger partial charge on any atom is 0.408 e. The number of rotatable bonds is 15. The van der Waals surface area contributed by atoms with Gasteiger partial charge in [0.15, 0.2) is 0 Å². The Labute approximate surface area is 210 Å². The van der Waals surface area contributed by atoms with Crippen molar-refractivity contribution < 1.29 is 23.8 Å². The Hall–Kier alpha value is -2.10. The summed E-state index contributed by atoms with van der Waals surface area (Å²) >= 11 is 3.21. The predicted molar refractivity (Wildman–Crippen MR) is 139 cm³/mol. The molecule has 1 aromatic carbocycles. The second-order valence-corrected chi connectivity index (χ2v) is 10.5. The van der Waals surface area contributed by atoms with Crippen molar-refractivity contribution in [3.63, 3.8) is 0 Å². The second kappa shape index (κ2) is 15.7. The number of benzene rings is 1. The molecule has 0 aliphatic carbocycles. The number of alkyl carbamates (subject to hydrolysis) is 1. The highest BCUT2D eigenvalue weighted by atomic mass is 32.2. The van der Waals surface area contributed by atoms with E-state index in [-0.39, 0.29) is 18.4 Å². The molecule has 1 aromatic heterocycles. The Kier molecular flexibility index (Phi) is 13.0. The standard InChI is InChI=1S/C25H36N2O5S2/c1-18(2)14-22(27-25(30)32-15-19-8-5-4-6-9-19)24(29)26-21(23(28)17-33-3)11-13-34-16-20-10-7-12-31-20/h4-10,12,18,21-23,28H,11,13-17H2,1-3H3,(H,26,29)(H,27,30)/t21?,22-,23?/m0/s1. The zero-order chi connectivity index (χ0) is 24.8. The van der Waals surface area contributed by atoms with Crippen LogP contribution in [-0.4, -0.2) is 53.1 Å². The van der Waals surface area contributed by atoms with Crippen LogP contribution in [0.3, 0.4) is 0 Å². The van der Waals surface area contributed by atoms with Crippen molar-refractivity contribution in [2.75, 3.05) is 17.8 Å². The van der Waals surface area contributed by atoms with Crippen molar-refractivity contribution in [2.24, 2.45) is 5.92 Å². The Morgan fingerprint density at radius 2 is 1.88 bits per heavy atom. The van der Waals surface area contributed by atoms with E-state index in [0.29, 0.717) is 18.6 Å². The minimum absolute atomic E-state index is 0.130. The average Bonchev–Trinajstić information content (AvgIpc) is 3.33. The summed E-state index contributed by atoms with van der Waals surface area (Å²) in [6.45, 7) is 4.11. The van der Waals surface area contributed by atoms with Gasteiger partial charge in [-0.25, -0.2) is 4.79 Å². The molecule has 0 aliphatic rings. The molecule has 9 heteroatoms. The highest BCUT2D eigenvalue weighted by molar-refractivity contribution is 7.98. The van der Waals surface area contributed by atoms with E-state index < -0.39 is 24.3 Å². The molecule has 34 heavy (non-hydrogen) atoms. The first kappa shape index (κ1) is 28.1. The Balaban J connectivity index is 1.92. The molecule has 1 heterocycles. The van der Waals surface area contributed by atoms with E-state index in [1.807, 2.05) is 62.6 Å². The van der Waals surface area contributed by atoms with E-state index in [9.17, 15) is 14.7 Å². The van der Waals surface area contributed by atoms with E-state index >= 15 is 0 Å². The van der Waals surface area contributed by atoms with E-state index in [0.717, 1.165) is 22.8 Å². The summed E-state index contributed by atoms with van der Waals surface area (Å²) < 4.78 is 10.7. The van der Waals surface area contributed by atoms with Crippen molar-refractivity contribution >= 4 is 35.5 Å². The summed E-state index contributed by atoms with van der Waals surface area (Å²) in [6, 6.07) is 12.0. The molecule has 0 saturated heterocycles. The van der Waals surface area contributed by atoms with Crippen LogP contribution in [0.4, 0.5) is 4.79 Å². The fourth-order valence-corrected chi connectivity index (χ4v) is 4.82. The Bertz CT molecular complexity index is 833. The normalized spacial score (nSPS) is 13.8. The van der Waals surface area contributed by atoms with Crippen LogP contribution in [0.2, 0.25) is 0 Å². The highest BCUT2D eigenvalue weighted by Crippen LogP contribution is 2.16.